The number of hydrogen-bond acceptors (Lipinski definition) is 3. The summed E-state index contributed by atoms with van der Waals surface area (Å²) in [6.45, 7) is 5.62. The summed E-state index contributed by atoms with van der Waals surface area (Å²) in [5.41, 5.74) is 5.94. The summed E-state index contributed by atoms with van der Waals surface area (Å²) in [6, 6.07) is 4.68. The van der Waals surface area contributed by atoms with Crippen LogP contribution in [0.5, 0.6) is 0 Å². The molecule has 1 fully saturated rings. The second-order valence-electron chi connectivity index (χ2n) is 5.23. The van der Waals surface area contributed by atoms with Crippen LogP contribution in [0.4, 0.5) is 10.1 Å². The number of primary amides is 1. The molecule has 3 N–H and O–H groups in total. The fourth-order valence-electron chi connectivity index (χ4n) is 2.79. The second kappa shape index (κ2) is 6.70. The lowest BCUT2D eigenvalue weighted by Crippen LogP contribution is -2.37. The van der Waals surface area contributed by atoms with E-state index in [9.17, 15) is 9.18 Å². The van der Waals surface area contributed by atoms with E-state index in [0.29, 0.717) is 11.6 Å². The molecule has 110 valence electrons. The Labute approximate surface area is 119 Å². The topological polar surface area (TPSA) is 58.4 Å². The van der Waals surface area contributed by atoms with Gasteiger partial charge >= 0.3 is 0 Å². The fourth-order valence-corrected chi connectivity index (χ4v) is 2.79. The number of hydrogen-bond donors (Lipinski definition) is 2. The number of anilines is 1. The van der Waals surface area contributed by atoms with Gasteiger partial charge in [0.25, 0.3) is 5.91 Å². The number of nitrogens with one attached hydrogen (secondary N) is 1. The number of nitrogens with zero attached hydrogens (tertiary/aromatic N) is 1. The van der Waals surface area contributed by atoms with Gasteiger partial charge in [0.2, 0.25) is 0 Å². The third-order valence-electron chi connectivity index (χ3n) is 3.90. The molecule has 0 unspecified atom stereocenters. The molecule has 0 radical (unpaired) electrons. The molecule has 0 spiro atoms. The Kier molecular flexibility index (Phi) is 4.95. The maximum Gasteiger partial charge on any atom is 0.253 e. The summed E-state index contributed by atoms with van der Waals surface area (Å²) in [5.74, 6) is -0.680. The largest absolute Gasteiger partial charge is 0.371 e. The minimum absolute atomic E-state index is 0.00304. The van der Waals surface area contributed by atoms with Crippen molar-refractivity contribution in [2.45, 2.75) is 19.8 Å². The molecule has 0 aliphatic carbocycles. The highest BCUT2D eigenvalue weighted by molar-refractivity contribution is 5.99. The summed E-state index contributed by atoms with van der Waals surface area (Å²) < 4.78 is 13.8. The van der Waals surface area contributed by atoms with Crippen LogP contribution in [0.25, 0.3) is 0 Å². The molecule has 1 aliphatic rings. The van der Waals surface area contributed by atoms with Crippen molar-refractivity contribution < 1.29 is 9.18 Å². The lowest BCUT2D eigenvalue weighted by atomic mass is 9.97. The number of carbonyl (C=O) groups is 1. The SMILES string of the molecule is CCN(CC1CCNCC1)c1cccc(F)c1C(N)=O. The molecule has 0 saturated carbocycles. The van der Waals surface area contributed by atoms with E-state index in [0.717, 1.165) is 39.0 Å². The number of nitrogens with two attached hydrogens (primary N) is 1. The summed E-state index contributed by atoms with van der Waals surface area (Å²) in [4.78, 5) is 13.6. The highest BCUT2D eigenvalue weighted by Crippen LogP contribution is 2.25. The van der Waals surface area contributed by atoms with Crippen LogP contribution in [0.2, 0.25) is 0 Å². The van der Waals surface area contributed by atoms with Gasteiger partial charge in [-0.05, 0) is 50.9 Å². The zero-order chi connectivity index (χ0) is 14.5. The van der Waals surface area contributed by atoms with Crippen molar-refractivity contribution in [2.75, 3.05) is 31.1 Å². The van der Waals surface area contributed by atoms with Gasteiger partial charge in [-0.1, -0.05) is 6.07 Å². The average Bonchev–Trinajstić information content (AvgIpc) is 2.45. The predicted molar refractivity (Wildman–Crippen MR) is 78.4 cm³/mol. The standard InChI is InChI=1S/C15H22FN3O/c1-2-19(10-11-6-8-18-9-7-11)13-5-3-4-12(16)14(13)15(17)20/h3-5,11,18H,2,6-10H2,1H3,(H2,17,20). The van der Waals surface area contributed by atoms with Crippen LogP contribution in [-0.2, 0) is 0 Å². The van der Waals surface area contributed by atoms with Crippen LogP contribution >= 0.6 is 0 Å². The van der Waals surface area contributed by atoms with E-state index < -0.39 is 11.7 Å². The van der Waals surface area contributed by atoms with Crippen molar-refractivity contribution in [2.24, 2.45) is 11.7 Å². The van der Waals surface area contributed by atoms with Crippen LogP contribution in [0.15, 0.2) is 18.2 Å². The summed E-state index contributed by atoms with van der Waals surface area (Å²) in [5, 5.41) is 3.33. The van der Waals surface area contributed by atoms with Crippen molar-refractivity contribution in [3.05, 3.63) is 29.6 Å². The minimum Gasteiger partial charge on any atom is -0.371 e. The number of rotatable bonds is 5. The van der Waals surface area contributed by atoms with Gasteiger partial charge in [0.05, 0.1) is 11.3 Å². The summed E-state index contributed by atoms with van der Waals surface area (Å²) >= 11 is 0. The first-order valence-corrected chi connectivity index (χ1v) is 7.17. The third kappa shape index (κ3) is 3.28. The molecule has 0 aromatic heterocycles. The molecule has 0 bridgehead atoms. The van der Waals surface area contributed by atoms with Gasteiger partial charge in [-0.25, -0.2) is 4.39 Å². The van der Waals surface area contributed by atoms with Crippen LogP contribution in [0.1, 0.15) is 30.1 Å². The van der Waals surface area contributed by atoms with Gasteiger partial charge < -0.3 is 16.0 Å². The zero-order valence-corrected chi connectivity index (χ0v) is 11.9. The van der Waals surface area contributed by atoms with Crippen molar-refractivity contribution in [1.29, 1.82) is 0 Å². The van der Waals surface area contributed by atoms with E-state index in [2.05, 4.69) is 10.2 Å². The zero-order valence-electron chi connectivity index (χ0n) is 11.9. The van der Waals surface area contributed by atoms with E-state index >= 15 is 0 Å². The maximum absolute atomic E-state index is 13.8. The van der Waals surface area contributed by atoms with Gasteiger partial charge in [-0.3, -0.25) is 4.79 Å². The van der Waals surface area contributed by atoms with Gasteiger partial charge in [0.1, 0.15) is 5.82 Å². The normalized spacial score (nSPS) is 16.1. The van der Waals surface area contributed by atoms with Crippen LogP contribution in [0, 0.1) is 11.7 Å². The third-order valence-corrected chi connectivity index (χ3v) is 3.90. The van der Waals surface area contributed by atoms with Crippen LogP contribution in [0.3, 0.4) is 0 Å². The number of amides is 1. The Morgan fingerprint density at radius 1 is 1.45 bits per heavy atom. The molecule has 0 atom stereocenters. The van der Waals surface area contributed by atoms with Crippen LogP contribution < -0.4 is 16.0 Å². The molecule has 4 nitrogen and oxygen atoms in total. The Morgan fingerprint density at radius 3 is 2.75 bits per heavy atom. The molecular formula is C15H22FN3O. The molecule has 1 aromatic rings. The Bertz CT molecular complexity index is 472. The van der Waals surface area contributed by atoms with E-state index in [4.69, 9.17) is 5.73 Å². The lowest BCUT2D eigenvalue weighted by Gasteiger charge is -2.31. The summed E-state index contributed by atoms with van der Waals surface area (Å²) in [7, 11) is 0. The van der Waals surface area contributed by atoms with Crippen molar-refractivity contribution in [3.8, 4) is 0 Å². The highest BCUT2D eigenvalue weighted by Gasteiger charge is 2.21. The first kappa shape index (κ1) is 14.8. The molecule has 20 heavy (non-hydrogen) atoms. The number of piperidine rings is 1. The number of benzene rings is 1. The van der Waals surface area contributed by atoms with Gasteiger partial charge in [0.15, 0.2) is 0 Å². The Balaban J connectivity index is 2.22. The Hall–Kier alpha value is -1.62. The predicted octanol–water partition coefficient (Wildman–Crippen LogP) is 1.75. The van der Waals surface area contributed by atoms with Crippen molar-refractivity contribution in [3.63, 3.8) is 0 Å². The van der Waals surface area contributed by atoms with Gasteiger partial charge in [0, 0.05) is 13.1 Å². The quantitative estimate of drug-likeness (QED) is 0.863. The van der Waals surface area contributed by atoms with Crippen LogP contribution in [-0.4, -0.2) is 32.1 Å². The molecule has 1 amide bonds. The fraction of sp³-hybridized carbons (Fsp3) is 0.533. The Morgan fingerprint density at radius 2 is 2.15 bits per heavy atom. The van der Waals surface area contributed by atoms with E-state index in [1.807, 2.05) is 6.92 Å². The van der Waals surface area contributed by atoms with Gasteiger partial charge in [-0.2, -0.15) is 0 Å². The molecule has 1 aromatic carbocycles. The first-order valence-electron chi connectivity index (χ1n) is 7.17. The van der Waals surface area contributed by atoms with Gasteiger partial charge in [-0.15, -0.1) is 0 Å². The lowest BCUT2D eigenvalue weighted by molar-refractivity contribution is 0.0997. The minimum atomic E-state index is -0.707. The number of halogens is 1. The number of carbonyl (C=O) groups excluding carboxylic acids is 1. The molecule has 5 heteroatoms. The van der Waals surface area contributed by atoms with Crippen molar-refractivity contribution in [1.82, 2.24) is 5.32 Å². The van der Waals surface area contributed by atoms with E-state index in [1.54, 1.807) is 12.1 Å². The summed E-state index contributed by atoms with van der Waals surface area (Å²) in [6.07, 6.45) is 2.22. The molecule has 1 aliphatic heterocycles. The first-order chi connectivity index (χ1) is 9.63. The highest BCUT2D eigenvalue weighted by atomic mass is 19.1. The average molecular weight is 279 g/mol. The van der Waals surface area contributed by atoms with E-state index in [-0.39, 0.29) is 5.56 Å². The molecule has 2 rings (SSSR count). The molecule has 1 heterocycles. The second-order valence-corrected chi connectivity index (χ2v) is 5.23. The monoisotopic (exact) mass is 279 g/mol. The smallest absolute Gasteiger partial charge is 0.253 e. The van der Waals surface area contributed by atoms with Crippen molar-refractivity contribution >= 4 is 11.6 Å². The maximum atomic E-state index is 13.8. The molecule has 1 saturated heterocycles. The van der Waals surface area contributed by atoms with E-state index in [1.165, 1.54) is 6.07 Å². The molecular weight excluding hydrogens is 257 g/mol.